The zero-order valence-electron chi connectivity index (χ0n) is 20.2. The minimum atomic E-state index is -1.49. The Labute approximate surface area is 215 Å². The molecule has 4 rings (SSSR count). The van der Waals surface area contributed by atoms with Gasteiger partial charge in [-0.25, -0.2) is 28.5 Å². The van der Waals surface area contributed by atoms with Gasteiger partial charge in [0.1, 0.15) is 29.9 Å². The van der Waals surface area contributed by atoms with Crippen LogP contribution in [0, 0.1) is 17.6 Å². The maximum absolute atomic E-state index is 13.4. The van der Waals surface area contributed by atoms with Gasteiger partial charge in [-0.1, -0.05) is 0 Å². The number of nitrogens with two attached hydrogens (primary N) is 2. The minimum absolute atomic E-state index is 0.0817. The Balaban J connectivity index is 1.37. The third-order valence-corrected chi connectivity index (χ3v) is 6.19. The second-order valence-corrected chi connectivity index (χ2v) is 8.86. The van der Waals surface area contributed by atoms with Gasteiger partial charge in [-0.05, 0) is 30.9 Å². The lowest BCUT2D eigenvalue weighted by Gasteiger charge is -2.31. The Kier molecular flexibility index (Phi) is 8.29. The summed E-state index contributed by atoms with van der Waals surface area (Å²) < 4.78 is 38.4. The average Bonchev–Trinajstić information content (AvgIpc) is 3.29. The largest absolute Gasteiger partial charge is 0.415 e. The number of piperidine rings is 1. The zero-order chi connectivity index (χ0) is 27.4. The van der Waals surface area contributed by atoms with Gasteiger partial charge in [-0.3, -0.25) is 9.36 Å². The summed E-state index contributed by atoms with van der Waals surface area (Å²) in [6, 6.07) is 2.88. The summed E-state index contributed by atoms with van der Waals surface area (Å²) in [5, 5.41) is 18.8. The zero-order valence-corrected chi connectivity index (χ0v) is 20.2. The first-order chi connectivity index (χ1) is 18.2. The molecule has 2 atom stereocenters. The first-order valence-electron chi connectivity index (χ1n) is 11.7. The normalized spacial score (nSPS) is 15.9. The summed E-state index contributed by atoms with van der Waals surface area (Å²) in [6.07, 6.45) is -0.481. The Hall–Kier alpha value is -3.95. The molecule has 204 valence electrons. The lowest BCUT2D eigenvalue weighted by atomic mass is 9.93. The first kappa shape index (κ1) is 27.1. The van der Waals surface area contributed by atoms with E-state index in [0.717, 1.165) is 12.1 Å². The predicted octanol–water partition coefficient (Wildman–Crippen LogP) is 0.321. The molecule has 2 amide bonds. The van der Waals surface area contributed by atoms with Gasteiger partial charge in [0.05, 0.1) is 12.9 Å². The van der Waals surface area contributed by atoms with Crippen molar-refractivity contribution in [2.75, 3.05) is 25.4 Å². The number of hydrogen-bond acceptors (Lipinski definition) is 10. The van der Waals surface area contributed by atoms with Crippen LogP contribution >= 0.6 is 0 Å². The number of benzene rings is 1. The number of carbonyl (C=O) groups is 2. The number of halogens is 2. The van der Waals surface area contributed by atoms with Crippen molar-refractivity contribution in [3.8, 4) is 5.75 Å². The summed E-state index contributed by atoms with van der Waals surface area (Å²) in [4.78, 5) is 38.5. The SMILES string of the molecule is NC(=O)[C@@H](OCn1cnc2c(N)nc(CC3CCN(C(=O)Oc4ccc(F)c(F)c4)CC3)nc21)[C@H](O)CO. The Morgan fingerprint density at radius 1 is 1.18 bits per heavy atom. The van der Waals surface area contributed by atoms with E-state index in [-0.39, 0.29) is 24.2 Å². The van der Waals surface area contributed by atoms with E-state index in [1.54, 1.807) is 0 Å². The highest BCUT2D eigenvalue weighted by atomic mass is 19.2. The van der Waals surface area contributed by atoms with E-state index in [9.17, 15) is 23.5 Å². The Morgan fingerprint density at radius 2 is 1.92 bits per heavy atom. The fourth-order valence-electron chi connectivity index (χ4n) is 4.12. The quantitative estimate of drug-likeness (QED) is 0.297. The molecule has 0 unspecified atom stereocenters. The number of nitrogen functional groups attached to an aromatic ring is 1. The molecule has 1 saturated heterocycles. The molecule has 0 bridgehead atoms. The van der Waals surface area contributed by atoms with Crippen molar-refractivity contribution in [3.63, 3.8) is 0 Å². The highest BCUT2D eigenvalue weighted by Crippen LogP contribution is 2.24. The lowest BCUT2D eigenvalue weighted by Crippen LogP contribution is -2.43. The van der Waals surface area contributed by atoms with Crippen molar-refractivity contribution in [1.29, 1.82) is 0 Å². The average molecular weight is 536 g/mol. The standard InChI is InChI=1S/C23H27F2N7O6/c24-14-2-1-13(8-15(14)25)38-23(36)31-5-3-12(4-6-31)7-17-29-20(26)18-22(30-17)32(10-28-18)11-37-19(21(27)35)16(34)9-33/h1-2,8,10,12,16,19,33-34H,3-7,9,11H2,(H2,27,35)(H2,26,29,30)/t16-,19+/m1/s1. The van der Waals surface area contributed by atoms with Gasteiger partial charge in [-0.2, -0.15) is 0 Å². The molecule has 0 spiro atoms. The van der Waals surface area contributed by atoms with Gasteiger partial charge in [0, 0.05) is 25.6 Å². The number of rotatable bonds is 9. The van der Waals surface area contributed by atoms with Crippen LogP contribution in [-0.4, -0.2) is 78.5 Å². The van der Waals surface area contributed by atoms with Crippen LogP contribution in [0.25, 0.3) is 11.2 Å². The van der Waals surface area contributed by atoms with Gasteiger partial charge >= 0.3 is 6.09 Å². The summed E-state index contributed by atoms with van der Waals surface area (Å²) in [7, 11) is 0. The van der Waals surface area contributed by atoms with E-state index in [1.165, 1.54) is 21.9 Å². The predicted molar refractivity (Wildman–Crippen MR) is 127 cm³/mol. The minimum Gasteiger partial charge on any atom is -0.410 e. The lowest BCUT2D eigenvalue weighted by molar-refractivity contribution is -0.144. The van der Waals surface area contributed by atoms with Gasteiger partial charge in [-0.15, -0.1) is 0 Å². The first-order valence-corrected chi connectivity index (χ1v) is 11.7. The number of aliphatic hydroxyl groups is 2. The molecule has 2 aromatic heterocycles. The molecular formula is C23H27F2N7O6. The molecule has 1 fully saturated rings. The van der Waals surface area contributed by atoms with E-state index >= 15 is 0 Å². The van der Waals surface area contributed by atoms with E-state index in [1.807, 2.05) is 0 Å². The van der Waals surface area contributed by atoms with Crippen molar-refractivity contribution in [2.45, 2.75) is 38.2 Å². The van der Waals surface area contributed by atoms with Crippen molar-refractivity contribution < 1.29 is 38.1 Å². The van der Waals surface area contributed by atoms with Crippen molar-refractivity contribution >= 4 is 29.0 Å². The Morgan fingerprint density at radius 3 is 2.58 bits per heavy atom. The molecule has 13 nitrogen and oxygen atoms in total. The van der Waals surface area contributed by atoms with Crippen LogP contribution in [0.1, 0.15) is 18.7 Å². The molecule has 3 heterocycles. The molecular weight excluding hydrogens is 508 g/mol. The molecule has 6 N–H and O–H groups in total. The van der Waals surface area contributed by atoms with Gasteiger partial charge in [0.2, 0.25) is 5.91 Å². The fraction of sp³-hybridized carbons (Fsp3) is 0.435. The maximum atomic E-state index is 13.4. The summed E-state index contributed by atoms with van der Waals surface area (Å²) in [5.41, 5.74) is 12.0. The number of carbonyl (C=O) groups excluding carboxylic acids is 2. The monoisotopic (exact) mass is 535 g/mol. The molecule has 1 aromatic carbocycles. The maximum Gasteiger partial charge on any atom is 0.415 e. The number of anilines is 1. The van der Waals surface area contributed by atoms with Crippen molar-refractivity contribution in [2.24, 2.45) is 11.7 Å². The highest BCUT2D eigenvalue weighted by Gasteiger charge is 2.27. The second-order valence-electron chi connectivity index (χ2n) is 8.86. The number of amides is 2. The van der Waals surface area contributed by atoms with Crippen LogP contribution < -0.4 is 16.2 Å². The number of hydrogen-bond donors (Lipinski definition) is 4. The summed E-state index contributed by atoms with van der Waals surface area (Å²) >= 11 is 0. The van der Waals surface area contributed by atoms with Crippen LogP contribution in [0.3, 0.4) is 0 Å². The number of imidazole rings is 1. The van der Waals surface area contributed by atoms with E-state index < -0.39 is 42.4 Å². The third-order valence-electron chi connectivity index (χ3n) is 6.19. The summed E-state index contributed by atoms with van der Waals surface area (Å²) in [5.74, 6) is -2.43. The number of fused-ring (bicyclic) bond motifs is 1. The smallest absolute Gasteiger partial charge is 0.410 e. The second kappa shape index (κ2) is 11.6. The van der Waals surface area contributed by atoms with Crippen molar-refractivity contribution in [1.82, 2.24) is 24.4 Å². The fourth-order valence-corrected chi connectivity index (χ4v) is 4.12. The Bertz CT molecular complexity index is 1310. The number of nitrogens with zero attached hydrogens (tertiary/aromatic N) is 5. The van der Waals surface area contributed by atoms with E-state index in [4.69, 9.17) is 26.0 Å². The molecule has 38 heavy (non-hydrogen) atoms. The van der Waals surface area contributed by atoms with Gasteiger partial charge < -0.3 is 36.1 Å². The van der Waals surface area contributed by atoms with Crippen LogP contribution in [0.4, 0.5) is 19.4 Å². The van der Waals surface area contributed by atoms with Crippen LogP contribution in [-0.2, 0) is 22.7 Å². The van der Waals surface area contributed by atoms with Crippen LogP contribution in [0.5, 0.6) is 5.75 Å². The summed E-state index contributed by atoms with van der Waals surface area (Å²) in [6.45, 7) is -0.175. The molecule has 15 heteroatoms. The molecule has 1 aliphatic heterocycles. The number of aliphatic hydroxyl groups excluding tert-OH is 2. The highest BCUT2D eigenvalue weighted by molar-refractivity contribution is 5.81. The molecule has 1 aliphatic rings. The van der Waals surface area contributed by atoms with Gasteiger partial charge in [0.25, 0.3) is 0 Å². The number of likely N-dealkylation sites (tertiary alicyclic amines) is 1. The molecule has 3 aromatic rings. The number of primary amides is 1. The van der Waals surface area contributed by atoms with E-state index in [2.05, 4.69) is 15.0 Å². The third kappa shape index (κ3) is 6.12. The molecule has 0 saturated carbocycles. The number of aromatic nitrogens is 4. The molecule has 0 aliphatic carbocycles. The van der Waals surface area contributed by atoms with Gasteiger partial charge in [0.15, 0.2) is 29.2 Å². The van der Waals surface area contributed by atoms with Crippen LogP contribution in [0.2, 0.25) is 0 Å². The number of ether oxygens (including phenoxy) is 2. The topological polar surface area (TPSA) is 192 Å². The van der Waals surface area contributed by atoms with E-state index in [0.29, 0.717) is 49.3 Å². The van der Waals surface area contributed by atoms with Crippen molar-refractivity contribution in [3.05, 3.63) is 42.0 Å². The molecule has 0 radical (unpaired) electrons. The van der Waals surface area contributed by atoms with Crippen LogP contribution in [0.15, 0.2) is 24.5 Å².